The molecule has 2 aromatic carbocycles. The molecule has 1 heterocycles. The molecule has 7 nitrogen and oxygen atoms in total. The minimum Gasteiger partial charge on any atom is -0.290 e. The standard InChI is InChI=1S/C15H12N4O3/c1-10-16-14-5-3-2-4-13(14)15(20)18(10)17-11-6-8-12(9-7-11)19(21)22/h2-9,17H,1H3. The van der Waals surface area contributed by atoms with Crippen LogP contribution < -0.4 is 11.0 Å². The number of rotatable bonds is 3. The van der Waals surface area contributed by atoms with Crippen LogP contribution in [0.2, 0.25) is 0 Å². The maximum Gasteiger partial charge on any atom is 0.280 e. The van der Waals surface area contributed by atoms with Gasteiger partial charge in [0.25, 0.3) is 11.2 Å². The average Bonchev–Trinajstić information content (AvgIpc) is 2.52. The Bertz CT molecular complexity index is 916. The Morgan fingerprint density at radius 2 is 1.82 bits per heavy atom. The van der Waals surface area contributed by atoms with Crippen molar-refractivity contribution in [3.8, 4) is 0 Å². The molecule has 7 heteroatoms. The fourth-order valence-electron chi connectivity index (χ4n) is 2.16. The molecular formula is C15H12N4O3. The van der Waals surface area contributed by atoms with Crippen LogP contribution in [-0.4, -0.2) is 14.6 Å². The lowest BCUT2D eigenvalue weighted by Crippen LogP contribution is -2.29. The summed E-state index contributed by atoms with van der Waals surface area (Å²) in [4.78, 5) is 27.0. The van der Waals surface area contributed by atoms with Crippen LogP contribution in [0.5, 0.6) is 0 Å². The summed E-state index contributed by atoms with van der Waals surface area (Å²) in [5.41, 5.74) is 3.88. The second-order valence-corrected chi connectivity index (χ2v) is 4.73. The molecule has 0 aliphatic heterocycles. The average molecular weight is 296 g/mol. The molecule has 0 aliphatic carbocycles. The summed E-state index contributed by atoms with van der Waals surface area (Å²) in [5, 5.41) is 11.1. The number of hydrogen-bond donors (Lipinski definition) is 1. The fourth-order valence-corrected chi connectivity index (χ4v) is 2.16. The maximum atomic E-state index is 12.5. The van der Waals surface area contributed by atoms with Gasteiger partial charge in [0.2, 0.25) is 0 Å². The van der Waals surface area contributed by atoms with Crippen LogP contribution in [0.3, 0.4) is 0 Å². The zero-order chi connectivity index (χ0) is 15.7. The number of aryl methyl sites for hydroxylation is 1. The highest BCUT2D eigenvalue weighted by Gasteiger charge is 2.09. The number of benzene rings is 2. The van der Waals surface area contributed by atoms with Gasteiger partial charge in [-0.15, -0.1) is 0 Å². The summed E-state index contributed by atoms with van der Waals surface area (Å²) in [6, 6.07) is 12.9. The third-order valence-corrected chi connectivity index (χ3v) is 3.26. The number of para-hydroxylation sites is 1. The van der Waals surface area contributed by atoms with Crippen molar-refractivity contribution in [2.75, 3.05) is 5.43 Å². The van der Waals surface area contributed by atoms with Gasteiger partial charge in [0.05, 0.1) is 21.5 Å². The van der Waals surface area contributed by atoms with Gasteiger partial charge in [-0.1, -0.05) is 12.1 Å². The Morgan fingerprint density at radius 1 is 1.14 bits per heavy atom. The van der Waals surface area contributed by atoms with E-state index in [-0.39, 0.29) is 11.2 Å². The summed E-state index contributed by atoms with van der Waals surface area (Å²) < 4.78 is 1.32. The van der Waals surface area contributed by atoms with Crippen LogP contribution in [0.4, 0.5) is 11.4 Å². The zero-order valence-corrected chi connectivity index (χ0v) is 11.7. The molecule has 0 spiro atoms. The van der Waals surface area contributed by atoms with E-state index in [2.05, 4.69) is 10.4 Å². The normalized spacial score (nSPS) is 10.6. The van der Waals surface area contributed by atoms with Crippen LogP contribution in [0.1, 0.15) is 5.82 Å². The molecule has 0 bridgehead atoms. The SMILES string of the molecule is Cc1nc2ccccc2c(=O)n1Nc1ccc([N+](=O)[O-])cc1. The van der Waals surface area contributed by atoms with E-state index in [4.69, 9.17) is 0 Å². The van der Waals surface area contributed by atoms with Gasteiger partial charge in [0.1, 0.15) is 5.82 Å². The van der Waals surface area contributed by atoms with E-state index >= 15 is 0 Å². The molecule has 3 rings (SSSR count). The molecule has 0 saturated heterocycles. The van der Waals surface area contributed by atoms with Crippen LogP contribution in [0, 0.1) is 17.0 Å². The lowest BCUT2D eigenvalue weighted by molar-refractivity contribution is -0.384. The van der Waals surface area contributed by atoms with Gasteiger partial charge in [-0.25, -0.2) is 9.66 Å². The minimum absolute atomic E-state index is 0.00810. The predicted octanol–water partition coefficient (Wildman–Crippen LogP) is 2.49. The van der Waals surface area contributed by atoms with Crippen LogP contribution in [-0.2, 0) is 0 Å². The van der Waals surface area contributed by atoms with Gasteiger partial charge >= 0.3 is 0 Å². The number of nitrogens with zero attached hydrogens (tertiary/aromatic N) is 3. The van der Waals surface area contributed by atoms with Crippen molar-refractivity contribution < 1.29 is 4.92 Å². The number of non-ortho nitro benzene ring substituents is 1. The monoisotopic (exact) mass is 296 g/mol. The molecule has 0 aliphatic rings. The van der Waals surface area contributed by atoms with E-state index in [9.17, 15) is 14.9 Å². The Balaban J connectivity index is 2.03. The molecule has 3 aromatic rings. The Labute approximate surface area is 125 Å². The van der Waals surface area contributed by atoms with Crippen molar-refractivity contribution in [3.63, 3.8) is 0 Å². The van der Waals surface area contributed by atoms with E-state index < -0.39 is 4.92 Å². The number of aromatic nitrogens is 2. The highest BCUT2D eigenvalue weighted by molar-refractivity contribution is 5.77. The van der Waals surface area contributed by atoms with E-state index in [0.717, 1.165) is 0 Å². The van der Waals surface area contributed by atoms with Crippen molar-refractivity contribution in [2.24, 2.45) is 0 Å². The first-order valence-electron chi connectivity index (χ1n) is 6.56. The number of nitrogens with one attached hydrogen (secondary N) is 1. The third-order valence-electron chi connectivity index (χ3n) is 3.26. The van der Waals surface area contributed by atoms with Crippen molar-refractivity contribution in [1.82, 2.24) is 9.66 Å². The maximum absolute atomic E-state index is 12.5. The summed E-state index contributed by atoms with van der Waals surface area (Å²) >= 11 is 0. The van der Waals surface area contributed by atoms with Crippen molar-refractivity contribution in [3.05, 3.63) is 74.8 Å². The third kappa shape index (κ3) is 2.39. The first kappa shape index (κ1) is 13.7. The lowest BCUT2D eigenvalue weighted by Gasteiger charge is -2.12. The van der Waals surface area contributed by atoms with Gasteiger partial charge in [-0.05, 0) is 31.2 Å². The predicted molar refractivity (Wildman–Crippen MR) is 82.9 cm³/mol. The zero-order valence-electron chi connectivity index (χ0n) is 11.7. The molecule has 0 fully saturated rings. The van der Waals surface area contributed by atoms with Crippen molar-refractivity contribution in [1.29, 1.82) is 0 Å². The molecule has 1 N–H and O–H groups in total. The minimum atomic E-state index is -0.473. The molecule has 0 amide bonds. The summed E-state index contributed by atoms with van der Waals surface area (Å²) in [6.45, 7) is 1.71. The van der Waals surface area contributed by atoms with Crippen LogP contribution in [0.25, 0.3) is 10.9 Å². The molecule has 22 heavy (non-hydrogen) atoms. The molecule has 0 unspecified atom stereocenters. The second-order valence-electron chi connectivity index (χ2n) is 4.73. The van der Waals surface area contributed by atoms with Crippen LogP contribution in [0.15, 0.2) is 53.3 Å². The molecule has 0 atom stereocenters. The highest BCUT2D eigenvalue weighted by atomic mass is 16.6. The van der Waals surface area contributed by atoms with Gasteiger partial charge < -0.3 is 0 Å². The molecule has 0 saturated carbocycles. The fraction of sp³-hybridized carbons (Fsp3) is 0.0667. The smallest absolute Gasteiger partial charge is 0.280 e. The van der Waals surface area contributed by atoms with E-state index in [1.165, 1.54) is 16.8 Å². The first-order chi connectivity index (χ1) is 10.6. The topological polar surface area (TPSA) is 90.1 Å². The van der Waals surface area contributed by atoms with Crippen LogP contribution >= 0.6 is 0 Å². The van der Waals surface area contributed by atoms with E-state index in [0.29, 0.717) is 22.4 Å². The van der Waals surface area contributed by atoms with Gasteiger partial charge in [-0.2, -0.15) is 0 Å². The Kier molecular flexibility index (Phi) is 3.30. The lowest BCUT2D eigenvalue weighted by atomic mass is 10.2. The summed E-state index contributed by atoms with van der Waals surface area (Å²) in [7, 11) is 0. The summed E-state index contributed by atoms with van der Waals surface area (Å²) in [6.07, 6.45) is 0. The Morgan fingerprint density at radius 3 is 2.50 bits per heavy atom. The number of nitro groups is 1. The highest BCUT2D eigenvalue weighted by Crippen LogP contribution is 2.16. The number of anilines is 1. The van der Waals surface area contributed by atoms with E-state index in [1.54, 1.807) is 37.3 Å². The summed E-state index contributed by atoms with van der Waals surface area (Å²) in [5.74, 6) is 0.502. The van der Waals surface area contributed by atoms with E-state index in [1.807, 2.05) is 6.07 Å². The molecule has 110 valence electrons. The van der Waals surface area contributed by atoms with Crippen molar-refractivity contribution in [2.45, 2.75) is 6.92 Å². The first-order valence-corrected chi connectivity index (χ1v) is 6.56. The number of hydrogen-bond acceptors (Lipinski definition) is 5. The number of nitro benzene ring substituents is 1. The largest absolute Gasteiger partial charge is 0.290 e. The van der Waals surface area contributed by atoms with Gasteiger partial charge in [-0.3, -0.25) is 20.3 Å². The second kappa shape index (κ2) is 5.28. The molecule has 1 aromatic heterocycles. The quantitative estimate of drug-likeness (QED) is 0.592. The Hall–Kier alpha value is -3.22. The molecule has 0 radical (unpaired) electrons. The molecular weight excluding hydrogens is 284 g/mol. The van der Waals surface area contributed by atoms with Crippen molar-refractivity contribution >= 4 is 22.3 Å². The van der Waals surface area contributed by atoms with Gasteiger partial charge in [0.15, 0.2) is 0 Å². The number of fused-ring (bicyclic) bond motifs is 1. The van der Waals surface area contributed by atoms with Gasteiger partial charge in [0, 0.05) is 12.1 Å².